The minimum Gasteiger partial charge on any atom is -0.469 e. The number of nitrogens with one attached hydrogen (secondary N) is 2. The maximum atomic E-state index is 12.5. The Kier molecular flexibility index (Phi) is 6.08. The lowest BCUT2D eigenvalue weighted by atomic mass is 10.0. The highest BCUT2D eigenvalue weighted by atomic mass is 32.1. The minimum absolute atomic E-state index is 0.215. The van der Waals surface area contributed by atoms with Gasteiger partial charge in [-0.25, -0.2) is 0 Å². The fraction of sp³-hybridized carbons (Fsp3) is 0.238. The summed E-state index contributed by atoms with van der Waals surface area (Å²) in [5.74, 6) is 0.792. The van der Waals surface area contributed by atoms with Gasteiger partial charge in [0, 0.05) is 18.5 Å². The van der Waals surface area contributed by atoms with Crippen molar-refractivity contribution in [3.63, 3.8) is 0 Å². The summed E-state index contributed by atoms with van der Waals surface area (Å²) in [6.45, 7) is 4.68. The molecule has 2 heterocycles. The molecule has 0 fully saturated rings. The van der Waals surface area contributed by atoms with Crippen molar-refractivity contribution in [2.24, 2.45) is 0 Å². The van der Waals surface area contributed by atoms with Crippen molar-refractivity contribution in [1.29, 1.82) is 0 Å². The number of hydrogen-bond donors (Lipinski definition) is 2. The quantitative estimate of drug-likeness (QED) is 0.623. The van der Waals surface area contributed by atoms with Crippen LogP contribution < -0.4 is 10.6 Å². The molecule has 0 spiro atoms. The Balaban J connectivity index is 1.60. The minimum atomic E-state index is -0.225. The Hall–Kier alpha value is -2.86. The summed E-state index contributed by atoms with van der Waals surface area (Å²) in [5.41, 5.74) is 2.21. The van der Waals surface area contributed by atoms with Gasteiger partial charge in [0.15, 0.2) is 0 Å². The molecule has 27 heavy (non-hydrogen) atoms. The van der Waals surface area contributed by atoms with Crippen LogP contribution in [0.1, 0.15) is 51.8 Å². The first kappa shape index (κ1) is 18.9. The molecule has 3 aromatic rings. The number of hydrogen-bond acceptors (Lipinski definition) is 4. The molecule has 0 radical (unpaired) electrons. The van der Waals surface area contributed by atoms with Gasteiger partial charge in [-0.2, -0.15) is 0 Å². The number of benzene rings is 1. The van der Waals surface area contributed by atoms with Gasteiger partial charge in [-0.05, 0) is 47.2 Å². The van der Waals surface area contributed by atoms with E-state index in [1.165, 1.54) is 16.9 Å². The largest absolute Gasteiger partial charge is 0.469 e. The van der Waals surface area contributed by atoms with Crippen LogP contribution in [0.4, 0.5) is 5.00 Å². The van der Waals surface area contributed by atoms with Crippen LogP contribution in [0.15, 0.2) is 58.5 Å². The second-order valence-corrected chi connectivity index (χ2v) is 7.40. The lowest BCUT2D eigenvalue weighted by Gasteiger charge is -2.09. The van der Waals surface area contributed by atoms with Gasteiger partial charge in [-0.1, -0.05) is 26.0 Å². The second-order valence-electron chi connectivity index (χ2n) is 6.48. The summed E-state index contributed by atoms with van der Waals surface area (Å²) in [6, 6.07) is 12.9. The summed E-state index contributed by atoms with van der Waals surface area (Å²) in [6.07, 6.45) is 2.23. The van der Waals surface area contributed by atoms with Crippen LogP contribution in [0.5, 0.6) is 0 Å². The third kappa shape index (κ3) is 4.86. The molecule has 0 unspecified atom stereocenters. The van der Waals surface area contributed by atoms with E-state index in [1.807, 2.05) is 24.3 Å². The highest BCUT2D eigenvalue weighted by molar-refractivity contribution is 7.14. The molecule has 0 aliphatic rings. The van der Waals surface area contributed by atoms with Crippen molar-refractivity contribution < 1.29 is 14.0 Å². The molecular weight excluding hydrogens is 360 g/mol. The maximum absolute atomic E-state index is 12.5. The summed E-state index contributed by atoms with van der Waals surface area (Å²) in [4.78, 5) is 24.9. The molecule has 0 saturated carbocycles. The zero-order valence-electron chi connectivity index (χ0n) is 15.3. The average Bonchev–Trinajstić information content (AvgIpc) is 3.33. The molecule has 5 nitrogen and oxygen atoms in total. The fourth-order valence-corrected chi connectivity index (χ4v) is 3.41. The standard InChI is InChI=1S/C21H22N2O3S/c1-14(2)15-5-7-16(8-6-15)19(24)23-21-18(10-13-27-21)20(25)22-11-9-17-4-3-12-26-17/h3-8,10,12-14H,9,11H2,1-2H3,(H,22,25)(H,23,24). The molecule has 2 amide bonds. The molecule has 0 aliphatic carbocycles. The molecule has 0 saturated heterocycles. The SMILES string of the molecule is CC(C)c1ccc(C(=O)Nc2sccc2C(=O)NCCc2ccco2)cc1. The Bertz CT molecular complexity index is 896. The number of carbonyl (C=O) groups is 2. The molecule has 3 rings (SSSR count). The van der Waals surface area contributed by atoms with Gasteiger partial charge >= 0.3 is 0 Å². The van der Waals surface area contributed by atoms with Gasteiger partial charge in [0.05, 0.1) is 11.8 Å². The van der Waals surface area contributed by atoms with Crippen LogP contribution in [0, 0.1) is 0 Å². The number of carbonyl (C=O) groups excluding carboxylic acids is 2. The highest BCUT2D eigenvalue weighted by Crippen LogP contribution is 2.24. The van der Waals surface area contributed by atoms with E-state index in [-0.39, 0.29) is 11.8 Å². The molecule has 0 bridgehead atoms. The van der Waals surface area contributed by atoms with E-state index >= 15 is 0 Å². The van der Waals surface area contributed by atoms with Crippen LogP contribution in [-0.4, -0.2) is 18.4 Å². The lowest BCUT2D eigenvalue weighted by Crippen LogP contribution is -2.26. The Labute approximate surface area is 162 Å². The Morgan fingerprint density at radius 3 is 2.52 bits per heavy atom. The molecule has 6 heteroatoms. The van der Waals surface area contributed by atoms with E-state index in [2.05, 4.69) is 24.5 Å². The van der Waals surface area contributed by atoms with Gasteiger partial charge < -0.3 is 15.1 Å². The predicted molar refractivity (Wildman–Crippen MR) is 108 cm³/mol. The van der Waals surface area contributed by atoms with E-state index in [9.17, 15) is 9.59 Å². The van der Waals surface area contributed by atoms with Crippen LogP contribution in [-0.2, 0) is 6.42 Å². The third-order valence-corrected chi connectivity index (χ3v) is 5.04. The topological polar surface area (TPSA) is 71.3 Å². The predicted octanol–water partition coefficient (Wildman–Crippen LogP) is 4.69. The first-order valence-corrected chi connectivity index (χ1v) is 9.72. The third-order valence-electron chi connectivity index (χ3n) is 4.21. The maximum Gasteiger partial charge on any atom is 0.256 e. The van der Waals surface area contributed by atoms with E-state index in [4.69, 9.17) is 4.42 Å². The molecule has 2 N–H and O–H groups in total. The molecule has 2 aromatic heterocycles. The highest BCUT2D eigenvalue weighted by Gasteiger charge is 2.16. The smallest absolute Gasteiger partial charge is 0.256 e. The van der Waals surface area contributed by atoms with E-state index in [0.717, 1.165) is 5.76 Å². The Morgan fingerprint density at radius 2 is 1.85 bits per heavy atom. The number of rotatable bonds is 7. The zero-order valence-corrected chi connectivity index (χ0v) is 16.1. The number of anilines is 1. The molecule has 0 atom stereocenters. The van der Waals surface area contributed by atoms with Crippen molar-refractivity contribution in [2.45, 2.75) is 26.2 Å². The first-order chi connectivity index (χ1) is 13.0. The number of amides is 2. The molecule has 140 valence electrons. The van der Waals surface area contributed by atoms with Crippen LogP contribution in [0.3, 0.4) is 0 Å². The normalized spacial score (nSPS) is 10.8. The number of furan rings is 1. The van der Waals surface area contributed by atoms with Crippen molar-refractivity contribution >= 4 is 28.2 Å². The lowest BCUT2D eigenvalue weighted by molar-refractivity contribution is 0.0955. The fourth-order valence-electron chi connectivity index (χ4n) is 2.63. The van der Waals surface area contributed by atoms with Crippen LogP contribution in [0.25, 0.3) is 0 Å². The summed E-state index contributed by atoms with van der Waals surface area (Å²) in [7, 11) is 0. The van der Waals surface area contributed by atoms with Gasteiger partial charge in [0.2, 0.25) is 0 Å². The van der Waals surface area contributed by atoms with Gasteiger partial charge in [-0.15, -0.1) is 11.3 Å². The molecule has 1 aromatic carbocycles. The summed E-state index contributed by atoms with van der Waals surface area (Å²) < 4.78 is 5.25. The zero-order chi connectivity index (χ0) is 19.2. The van der Waals surface area contributed by atoms with E-state index in [1.54, 1.807) is 29.8 Å². The average molecular weight is 382 g/mol. The van der Waals surface area contributed by atoms with Gasteiger partial charge in [0.1, 0.15) is 10.8 Å². The van der Waals surface area contributed by atoms with Gasteiger partial charge in [0.25, 0.3) is 11.8 Å². The summed E-state index contributed by atoms with van der Waals surface area (Å²) in [5, 5.41) is 8.03. The van der Waals surface area contributed by atoms with Crippen molar-refractivity contribution in [2.75, 3.05) is 11.9 Å². The molecule has 0 aliphatic heterocycles. The van der Waals surface area contributed by atoms with Crippen LogP contribution in [0.2, 0.25) is 0 Å². The van der Waals surface area contributed by atoms with Gasteiger partial charge in [-0.3, -0.25) is 9.59 Å². The van der Waals surface area contributed by atoms with E-state index < -0.39 is 0 Å². The first-order valence-electron chi connectivity index (χ1n) is 8.84. The second kappa shape index (κ2) is 8.68. The monoisotopic (exact) mass is 382 g/mol. The van der Waals surface area contributed by atoms with Crippen LogP contribution >= 0.6 is 11.3 Å². The van der Waals surface area contributed by atoms with Crippen molar-refractivity contribution in [3.8, 4) is 0 Å². The Morgan fingerprint density at radius 1 is 1.07 bits per heavy atom. The van der Waals surface area contributed by atoms with Crippen molar-refractivity contribution in [1.82, 2.24) is 5.32 Å². The van der Waals surface area contributed by atoms with E-state index in [0.29, 0.717) is 35.0 Å². The van der Waals surface area contributed by atoms with Crippen molar-refractivity contribution in [3.05, 3.63) is 76.6 Å². The summed E-state index contributed by atoms with van der Waals surface area (Å²) >= 11 is 1.33. The molecular formula is C21H22N2O3S. The number of thiophene rings is 1.